The number of carbonyl (C=O) groups is 2. The molecule has 25 heavy (non-hydrogen) atoms. The summed E-state index contributed by atoms with van der Waals surface area (Å²) in [7, 11) is 0. The Hall–Kier alpha value is -0.372. The van der Waals surface area contributed by atoms with E-state index in [0.717, 1.165) is 38.5 Å². The van der Waals surface area contributed by atoms with E-state index in [0.29, 0.717) is 10.8 Å². The van der Waals surface area contributed by atoms with E-state index in [2.05, 4.69) is 41.5 Å². The van der Waals surface area contributed by atoms with Crippen LogP contribution in [0.2, 0.25) is 0 Å². The van der Waals surface area contributed by atoms with Crippen molar-refractivity contribution in [2.24, 2.45) is 10.8 Å². The van der Waals surface area contributed by atoms with E-state index in [1.165, 1.54) is 12.8 Å². The molecule has 0 aliphatic heterocycles. The normalized spacial score (nSPS) is 11.1. The molecule has 0 amide bonds. The van der Waals surface area contributed by atoms with Crippen molar-refractivity contribution in [2.75, 3.05) is 0 Å². The number of aliphatic carboxylic acids is 2. The van der Waals surface area contributed by atoms with Gasteiger partial charge in [-0.25, -0.2) is 0 Å². The van der Waals surface area contributed by atoms with Crippen molar-refractivity contribution in [3.05, 3.63) is 0 Å². The summed E-state index contributed by atoms with van der Waals surface area (Å²) in [5, 5.41) is 20.1. The predicted molar refractivity (Wildman–Crippen MR) is 95.1 cm³/mol. The first-order chi connectivity index (χ1) is 10.8. The summed E-state index contributed by atoms with van der Waals surface area (Å²) < 4.78 is 0. The molecule has 0 spiro atoms. The van der Waals surface area contributed by atoms with Gasteiger partial charge in [0.2, 0.25) is 0 Å². The molecular weight excluding hydrogens is 499 g/mol. The zero-order valence-corrected chi connectivity index (χ0v) is 19.3. The SMILES string of the molecule is CC(C)(C)CCCCCC(=O)[O-].CC(C)(C)CCCCCC(=O)[O-].[Pt+2]. The number of unbranched alkanes of at least 4 members (excludes halogenated alkanes) is 4. The Bertz CT molecular complexity index is 307. The molecular formula is C20H38O4Pt. The number of carbonyl (C=O) groups excluding carboxylic acids is 2. The smallest absolute Gasteiger partial charge is 0.550 e. The van der Waals surface area contributed by atoms with Gasteiger partial charge in [0.1, 0.15) is 0 Å². The summed E-state index contributed by atoms with van der Waals surface area (Å²) in [4.78, 5) is 20.1. The molecule has 0 bridgehead atoms. The van der Waals surface area contributed by atoms with Crippen LogP contribution in [0.3, 0.4) is 0 Å². The molecule has 0 aromatic carbocycles. The van der Waals surface area contributed by atoms with Crippen molar-refractivity contribution in [1.29, 1.82) is 0 Å². The van der Waals surface area contributed by atoms with E-state index in [-0.39, 0.29) is 33.9 Å². The number of hydrogen-bond donors (Lipinski definition) is 0. The van der Waals surface area contributed by atoms with Gasteiger partial charge in [0, 0.05) is 11.9 Å². The minimum atomic E-state index is -0.925. The minimum absolute atomic E-state index is 0. The van der Waals surface area contributed by atoms with Crippen molar-refractivity contribution in [1.82, 2.24) is 0 Å². The number of carboxylic acid groups (broad SMARTS) is 2. The van der Waals surface area contributed by atoms with Gasteiger partial charge in [0.25, 0.3) is 0 Å². The van der Waals surface area contributed by atoms with Crippen LogP contribution in [-0.2, 0) is 30.7 Å². The van der Waals surface area contributed by atoms with Crippen LogP contribution in [0.25, 0.3) is 0 Å². The molecule has 0 radical (unpaired) electrons. The fraction of sp³-hybridized carbons (Fsp3) is 0.900. The van der Waals surface area contributed by atoms with Crippen molar-refractivity contribution in [2.45, 2.75) is 106 Å². The van der Waals surface area contributed by atoms with Crippen LogP contribution in [0.5, 0.6) is 0 Å². The molecule has 5 heteroatoms. The van der Waals surface area contributed by atoms with Gasteiger partial charge in [-0.2, -0.15) is 0 Å². The Labute approximate surface area is 169 Å². The topological polar surface area (TPSA) is 80.3 Å². The van der Waals surface area contributed by atoms with Crippen LogP contribution < -0.4 is 10.2 Å². The summed E-state index contributed by atoms with van der Waals surface area (Å²) >= 11 is 0. The van der Waals surface area contributed by atoms with Crippen molar-refractivity contribution in [3.63, 3.8) is 0 Å². The van der Waals surface area contributed by atoms with Gasteiger partial charge >= 0.3 is 21.1 Å². The molecule has 0 aromatic rings. The summed E-state index contributed by atoms with van der Waals surface area (Å²) in [5.74, 6) is -1.85. The Morgan fingerprint density at radius 3 is 1.08 bits per heavy atom. The molecule has 0 unspecified atom stereocenters. The van der Waals surface area contributed by atoms with Crippen LogP contribution in [0.15, 0.2) is 0 Å². The Morgan fingerprint density at radius 2 is 0.880 bits per heavy atom. The van der Waals surface area contributed by atoms with E-state index < -0.39 is 11.9 Å². The van der Waals surface area contributed by atoms with E-state index in [1.54, 1.807) is 0 Å². The molecule has 4 nitrogen and oxygen atoms in total. The fourth-order valence-electron chi connectivity index (χ4n) is 2.20. The number of rotatable bonds is 10. The quantitative estimate of drug-likeness (QED) is 0.400. The van der Waals surface area contributed by atoms with Gasteiger partial charge in [-0.15, -0.1) is 0 Å². The first-order valence-corrected chi connectivity index (χ1v) is 9.23. The van der Waals surface area contributed by atoms with Gasteiger partial charge in [-0.1, -0.05) is 67.2 Å². The maximum absolute atomic E-state index is 10.0. The maximum Gasteiger partial charge on any atom is 2.00 e. The first kappa shape index (κ1) is 29.4. The van der Waals surface area contributed by atoms with Crippen LogP contribution in [0.1, 0.15) is 106 Å². The second-order valence-electron chi connectivity index (χ2n) is 8.99. The standard InChI is InChI=1S/2C10H20O2.Pt/c2*1-10(2,3)8-6-4-5-7-9(11)12;/h2*4-8H2,1-3H3,(H,11,12);/q;;+2/p-2. The third kappa shape index (κ3) is 35.6. The maximum atomic E-state index is 10.0. The first-order valence-electron chi connectivity index (χ1n) is 9.23. The zero-order valence-electron chi connectivity index (χ0n) is 17.0. The molecule has 0 aliphatic carbocycles. The van der Waals surface area contributed by atoms with Crippen LogP contribution >= 0.6 is 0 Å². The molecule has 0 N–H and O–H groups in total. The van der Waals surface area contributed by atoms with E-state index in [4.69, 9.17) is 0 Å². The monoisotopic (exact) mass is 537 g/mol. The Morgan fingerprint density at radius 1 is 0.600 bits per heavy atom. The molecule has 0 atom stereocenters. The number of hydrogen-bond acceptors (Lipinski definition) is 4. The second-order valence-corrected chi connectivity index (χ2v) is 8.99. The predicted octanol–water partition coefficient (Wildman–Crippen LogP) is 3.46. The molecule has 0 heterocycles. The van der Waals surface area contributed by atoms with Gasteiger partial charge in [0.15, 0.2) is 0 Å². The Kier molecular flexibility index (Phi) is 18.6. The molecule has 0 saturated heterocycles. The van der Waals surface area contributed by atoms with Crippen molar-refractivity contribution in [3.8, 4) is 0 Å². The molecule has 0 fully saturated rings. The molecule has 152 valence electrons. The summed E-state index contributed by atoms with van der Waals surface area (Å²) in [6, 6.07) is 0. The third-order valence-electron chi connectivity index (χ3n) is 3.62. The molecule has 0 aromatic heterocycles. The Balaban J connectivity index is -0.000000372. The molecule has 0 aliphatic rings. The van der Waals surface area contributed by atoms with Crippen LogP contribution in [-0.4, -0.2) is 11.9 Å². The second kappa shape index (κ2) is 15.8. The third-order valence-corrected chi connectivity index (χ3v) is 3.62. The fourth-order valence-corrected chi connectivity index (χ4v) is 2.20. The minimum Gasteiger partial charge on any atom is -0.550 e. The van der Waals surface area contributed by atoms with Crippen molar-refractivity contribution >= 4 is 11.9 Å². The summed E-state index contributed by atoms with van der Waals surface area (Å²) in [6.45, 7) is 13.2. The average molecular weight is 538 g/mol. The van der Waals surface area contributed by atoms with Crippen molar-refractivity contribution < 1.29 is 40.9 Å². The van der Waals surface area contributed by atoms with Gasteiger partial charge in [-0.05, 0) is 49.4 Å². The largest absolute Gasteiger partial charge is 2.00 e. The molecule has 0 rings (SSSR count). The van der Waals surface area contributed by atoms with E-state index in [1.807, 2.05) is 0 Å². The number of carboxylic acids is 2. The average Bonchev–Trinajstić information content (AvgIpc) is 2.35. The zero-order chi connectivity index (χ0) is 19.2. The molecule has 0 saturated carbocycles. The van der Waals surface area contributed by atoms with Crippen LogP contribution in [0.4, 0.5) is 0 Å². The summed E-state index contributed by atoms with van der Waals surface area (Å²) in [5.41, 5.74) is 0.753. The van der Waals surface area contributed by atoms with E-state index in [9.17, 15) is 19.8 Å². The van der Waals surface area contributed by atoms with Gasteiger partial charge < -0.3 is 19.8 Å². The van der Waals surface area contributed by atoms with Crippen LogP contribution in [0, 0.1) is 10.8 Å². The summed E-state index contributed by atoms with van der Waals surface area (Å²) in [6.07, 6.45) is 8.54. The van der Waals surface area contributed by atoms with E-state index >= 15 is 0 Å². The van der Waals surface area contributed by atoms with Gasteiger partial charge in [0.05, 0.1) is 0 Å². The van der Waals surface area contributed by atoms with Gasteiger partial charge in [-0.3, -0.25) is 0 Å².